The Kier molecular flexibility index (Phi) is 5.40. The lowest BCUT2D eigenvalue weighted by molar-refractivity contribution is -0.255. The molecule has 0 spiro atoms. The molecule has 2 aromatic rings. The monoisotopic (exact) mass is 367 g/mol. The van der Waals surface area contributed by atoms with Gasteiger partial charge in [0, 0.05) is 24.3 Å². The van der Waals surface area contributed by atoms with Crippen LogP contribution in [0, 0.1) is 5.92 Å². The Bertz CT molecular complexity index is 846. The van der Waals surface area contributed by atoms with Gasteiger partial charge in [-0.1, -0.05) is 12.1 Å². The third-order valence-corrected chi connectivity index (χ3v) is 4.34. The van der Waals surface area contributed by atoms with Crippen molar-refractivity contribution in [1.29, 1.82) is 0 Å². The number of ether oxygens (including phenoxy) is 1. The summed E-state index contributed by atoms with van der Waals surface area (Å²) in [6.45, 7) is 2.75. The molecule has 0 bridgehead atoms. The van der Waals surface area contributed by atoms with Crippen molar-refractivity contribution in [3.8, 4) is 5.75 Å². The molecule has 7 heteroatoms. The largest absolute Gasteiger partial charge is 0.545 e. The summed E-state index contributed by atoms with van der Waals surface area (Å²) in [5, 5.41) is 13.5. The predicted molar refractivity (Wildman–Crippen MR) is 97.5 cm³/mol. The van der Waals surface area contributed by atoms with E-state index in [4.69, 9.17) is 4.74 Å². The number of nitrogens with zero attached hydrogens (tertiary/aromatic N) is 1. The minimum absolute atomic E-state index is 0.0331. The lowest BCUT2D eigenvalue weighted by atomic mass is 10.1. The first-order valence-corrected chi connectivity index (χ1v) is 8.63. The van der Waals surface area contributed by atoms with Gasteiger partial charge in [-0.25, -0.2) is 0 Å². The Morgan fingerprint density at radius 2 is 1.81 bits per heavy atom. The number of carbonyl (C=O) groups is 3. The first-order chi connectivity index (χ1) is 13.0. The molecule has 1 N–H and O–H groups in total. The van der Waals surface area contributed by atoms with Gasteiger partial charge < -0.3 is 24.9 Å². The van der Waals surface area contributed by atoms with Crippen molar-refractivity contribution >= 4 is 29.2 Å². The number of carboxylic acids is 1. The summed E-state index contributed by atoms with van der Waals surface area (Å²) in [5.74, 6) is -1.43. The second kappa shape index (κ2) is 7.90. The summed E-state index contributed by atoms with van der Waals surface area (Å²) in [6.07, 6.45) is 0.121. The average Bonchev–Trinajstić information content (AvgIpc) is 3.05. The molecule has 1 saturated heterocycles. The van der Waals surface area contributed by atoms with E-state index in [1.807, 2.05) is 6.92 Å². The number of aromatic carboxylic acids is 1. The molecule has 1 atom stereocenters. The van der Waals surface area contributed by atoms with Crippen molar-refractivity contribution < 1.29 is 24.2 Å². The number of benzene rings is 2. The molecule has 2 amide bonds. The fourth-order valence-corrected chi connectivity index (χ4v) is 2.96. The second-order valence-electron chi connectivity index (χ2n) is 6.19. The summed E-state index contributed by atoms with van der Waals surface area (Å²) >= 11 is 0. The number of anilines is 2. The summed E-state index contributed by atoms with van der Waals surface area (Å²) in [4.78, 5) is 37.1. The van der Waals surface area contributed by atoms with Crippen LogP contribution in [0.25, 0.3) is 0 Å². The van der Waals surface area contributed by atoms with Crippen molar-refractivity contribution in [2.24, 2.45) is 5.92 Å². The molecule has 140 valence electrons. The molecule has 1 heterocycles. The van der Waals surface area contributed by atoms with Crippen LogP contribution in [0.5, 0.6) is 5.75 Å². The molecule has 27 heavy (non-hydrogen) atoms. The predicted octanol–water partition coefficient (Wildman–Crippen LogP) is 1.44. The first kappa shape index (κ1) is 18.4. The van der Waals surface area contributed by atoms with Crippen LogP contribution in [0.4, 0.5) is 11.4 Å². The number of rotatable bonds is 6. The van der Waals surface area contributed by atoms with Crippen LogP contribution in [0.1, 0.15) is 23.7 Å². The normalized spacial score (nSPS) is 16.3. The molecule has 1 fully saturated rings. The Morgan fingerprint density at radius 3 is 2.41 bits per heavy atom. The number of amides is 2. The van der Waals surface area contributed by atoms with Gasteiger partial charge in [0.1, 0.15) is 5.75 Å². The van der Waals surface area contributed by atoms with E-state index in [1.54, 1.807) is 29.2 Å². The average molecular weight is 367 g/mol. The van der Waals surface area contributed by atoms with Gasteiger partial charge in [-0.15, -0.1) is 0 Å². The number of carboxylic acid groups (broad SMARTS) is 1. The van der Waals surface area contributed by atoms with Crippen molar-refractivity contribution in [3.63, 3.8) is 0 Å². The highest BCUT2D eigenvalue weighted by Crippen LogP contribution is 2.27. The van der Waals surface area contributed by atoms with E-state index < -0.39 is 11.9 Å². The van der Waals surface area contributed by atoms with Crippen molar-refractivity contribution in [2.75, 3.05) is 23.4 Å². The maximum Gasteiger partial charge on any atom is 0.229 e. The van der Waals surface area contributed by atoms with E-state index in [1.165, 1.54) is 24.3 Å². The van der Waals surface area contributed by atoms with E-state index >= 15 is 0 Å². The zero-order valence-corrected chi connectivity index (χ0v) is 14.8. The Hall–Kier alpha value is -3.35. The van der Waals surface area contributed by atoms with Crippen LogP contribution >= 0.6 is 0 Å². The number of hydrogen-bond acceptors (Lipinski definition) is 5. The zero-order valence-electron chi connectivity index (χ0n) is 14.8. The van der Waals surface area contributed by atoms with Gasteiger partial charge in [-0.3, -0.25) is 9.59 Å². The molecular weight excluding hydrogens is 348 g/mol. The van der Waals surface area contributed by atoms with Gasteiger partial charge in [0.2, 0.25) is 11.8 Å². The van der Waals surface area contributed by atoms with E-state index in [2.05, 4.69) is 5.32 Å². The standard InChI is InChI=1S/C20H20N2O5/c1-2-27-17-9-7-16(8-10-17)22-12-14(11-18(22)23)19(24)21-15-5-3-13(4-6-15)20(25)26/h3-10,14H,2,11-12H2,1H3,(H,21,24)(H,25,26)/p-1/t14-/m0/s1. The van der Waals surface area contributed by atoms with Crippen molar-refractivity contribution in [1.82, 2.24) is 0 Å². The molecule has 1 aliphatic rings. The number of nitrogens with one attached hydrogen (secondary N) is 1. The van der Waals surface area contributed by atoms with Crippen LogP contribution in [0.3, 0.4) is 0 Å². The highest BCUT2D eigenvalue weighted by molar-refractivity contribution is 6.03. The smallest absolute Gasteiger partial charge is 0.229 e. The molecule has 0 radical (unpaired) electrons. The fraction of sp³-hybridized carbons (Fsp3) is 0.250. The quantitative estimate of drug-likeness (QED) is 0.833. The lowest BCUT2D eigenvalue weighted by Crippen LogP contribution is -2.28. The van der Waals surface area contributed by atoms with E-state index in [9.17, 15) is 19.5 Å². The van der Waals surface area contributed by atoms with Crippen LogP contribution in [-0.2, 0) is 9.59 Å². The first-order valence-electron chi connectivity index (χ1n) is 8.63. The zero-order chi connectivity index (χ0) is 19.4. The third-order valence-electron chi connectivity index (χ3n) is 4.34. The molecule has 7 nitrogen and oxygen atoms in total. The topological polar surface area (TPSA) is 98.8 Å². The molecule has 0 unspecified atom stereocenters. The summed E-state index contributed by atoms with van der Waals surface area (Å²) in [6, 6.07) is 12.9. The summed E-state index contributed by atoms with van der Waals surface area (Å²) in [7, 11) is 0. The molecule has 0 aromatic heterocycles. The second-order valence-corrected chi connectivity index (χ2v) is 6.19. The number of carbonyl (C=O) groups excluding carboxylic acids is 3. The van der Waals surface area contributed by atoms with Crippen molar-refractivity contribution in [2.45, 2.75) is 13.3 Å². The molecule has 3 rings (SSSR count). The Morgan fingerprint density at radius 1 is 1.15 bits per heavy atom. The maximum absolute atomic E-state index is 12.5. The van der Waals surface area contributed by atoms with Gasteiger partial charge in [0.15, 0.2) is 0 Å². The van der Waals surface area contributed by atoms with E-state index in [0.29, 0.717) is 12.3 Å². The minimum Gasteiger partial charge on any atom is -0.545 e. The fourth-order valence-electron chi connectivity index (χ4n) is 2.96. The molecule has 0 aliphatic carbocycles. The van der Waals surface area contributed by atoms with Gasteiger partial charge in [0.25, 0.3) is 0 Å². The van der Waals surface area contributed by atoms with Gasteiger partial charge in [-0.05, 0) is 48.9 Å². The minimum atomic E-state index is -1.28. The highest BCUT2D eigenvalue weighted by Gasteiger charge is 2.35. The molecular formula is C20H19N2O5-. The van der Waals surface area contributed by atoms with Gasteiger partial charge in [-0.2, -0.15) is 0 Å². The van der Waals surface area contributed by atoms with Gasteiger partial charge >= 0.3 is 0 Å². The molecule has 1 aliphatic heterocycles. The lowest BCUT2D eigenvalue weighted by Gasteiger charge is -2.17. The highest BCUT2D eigenvalue weighted by atomic mass is 16.5. The summed E-state index contributed by atoms with van der Waals surface area (Å²) in [5.41, 5.74) is 1.22. The molecule has 2 aromatic carbocycles. The van der Waals surface area contributed by atoms with Crippen LogP contribution in [0.2, 0.25) is 0 Å². The van der Waals surface area contributed by atoms with E-state index in [0.717, 1.165) is 11.4 Å². The van der Waals surface area contributed by atoms with E-state index in [-0.39, 0.29) is 30.3 Å². The van der Waals surface area contributed by atoms with Crippen molar-refractivity contribution in [3.05, 3.63) is 54.1 Å². The van der Waals surface area contributed by atoms with Crippen LogP contribution in [0.15, 0.2) is 48.5 Å². The summed E-state index contributed by atoms with van der Waals surface area (Å²) < 4.78 is 5.39. The van der Waals surface area contributed by atoms with Gasteiger partial charge in [0.05, 0.1) is 18.5 Å². The maximum atomic E-state index is 12.5. The SMILES string of the molecule is CCOc1ccc(N2C[C@@H](C(=O)Nc3ccc(C(=O)[O-])cc3)CC2=O)cc1. The Balaban J connectivity index is 1.63. The van der Waals surface area contributed by atoms with Crippen LogP contribution in [-0.4, -0.2) is 30.9 Å². The van der Waals surface area contributed by atoms with Crippen LogP contribution < -0.4 is 20.1 Å². The third kappa shape index (κ3) is 4.25. The molecule has 0 saturated carbocycles. The number of hydrogen-bond donors (Lipinski definition) is 1. The Labute approximate surface area is 156 Å².